The molecule has 14 heavy (non-hydrogen) atoms. The topological polar surface area (TPSA) is 29.1 Å². The maximum Gasteiger partial charge on any atom is 0.251 e. The van der Waals surface area contributed by atoms with Crippen LogP contribution in [-0.2, 0) is 5.41 Å². The summed E-state index contributed by atoms with van der Waals surface area (Å²) in [6, 6.07) is 5.57. The Bertz CT molecular complexity index is 423. The monoisotopic (exact) mass is 207 g/mol. The van der Waals surface area contributed by atoms with Crippen LogP contribution in [0.15, 0.2) is 18.2 Å². The number of rotatable bonds is 0. The first-order valence-corrected chi connectivity index (χ1v) is 5.18. The van der Waals surface area contributed by atoms with E-state index < -0.39 is 0 Å². The van der Waals surface area contributed by atoms with Gasteiger partial charge in [0.25, 0.3) is 5.91 Å². The van der Waals surface area contributed by atoms with Crippen molar-refractivity contribution in [3.63, 3.8) is 0 Å². The number of hydrogen-bond acceptors (Lipinski definition) is 1. The Labute approximate surface area is 87.3 Å². The van der Waals surface area contributed by atoms with E-state index in [1.54, 1.807) is 0 Å². The summed E-state index contributed by atoms with van der Waals surface area (Å²) in [5.74, 6) is 0.0139. The van der Waals surface area contributed by atoms with Gasteiger partial charge >= 0.3 is 0 Å². The number of benzene rings is 1. The van der Waals surface area contributed by atoms with Gasteiger partial charge in [0.15, 0.2) is 0 Å². The molecule has 1 amide bonds. The Morgan fingerprint density at radius 2 is 2.14 bits per heavy atom. The van der Waals surface area contributed by atoms with Gasteiger partial charge in [0, 0.05) is 22.5 Å². The van der Waals surface area contributed by atoms with Gasteiger partial charge in [-0.15, -0.1) is 0 Å². The van der Waals surface area contributed by atoms with Gasteiger partial charge in [-0.3, -0.25) is 4.79 Å². The summed E-state index contributed by atoms with van der Waals surface area (Å²) in [5, 5.41) is 3.67. The third-order valence-corrected chi connectivity index (χ3v) is 3.54. The molecule has 1 aromatic carbocycles. The van der Waals surface area contributed by atoms with E-state index in [4.69, 9.17) is 11.6 Å². The number of carbonyl (C=O) groups excluding carboxylic acids is 1. The summed E-state index contributed by atoms with van der Waals surface area (Å²) in [6.07, 6.45) is 2.29. The summed E-state index contributed by atoms with van der Waals surface area (Å²) >= 11 is 6.15. The summed E-state index contributed by atoms with van der Waals surface area (Å²) in [6.45, 7) is 0.753. The van der Waals surface area contributed by atoms with Gasteiger partial charge in [-0.05, 0) is 30.5 Å². The average molecular weight is 208 g/mol. The predicted molar refractivity (Wildman–Crippen MR) is 54.7 cm³/mol. The molecule has 3 heteroatoms. The van der Waals surface area contributed by atoms with Gasteiger partial charge in [0.05, 0.1) is 0 Å². The molecule has 0 saturated heterocycles. The van der Waals surface area contributed by atoms with Crippen molar-refractivity contribution in [1.82, 2.24) is 5.32 Å². The summed E-state index contributed by atoms with van der Waals surface area (Å²) < 4.78 is 0. The number of carbonyl (C=O) groups is 1. The standard InChI is InChI=1S/C11H10ClNO/c12-8-3-1-2-7-9(8)11(4-5-11)6-13-10(7)14/h1-3H,4-6H2,(H,13,14). The summed E-state index contributed by atoms with van der Waals surface area (Å²) in [5.41, 5.74) is 2.01. The molecule has 1 saturated carbocycles. The minimum Gasteiger partial charge on any atom is -0.351 e. The SMILES string of the molecule is O=C1NCC2(CC2)c2c(Cl)cccc21. The van der Waals surface area contributed by atoms with Crippen LogP contribution >= 0.6 is 11.6 Å². The van der Waals surface area contributed by atoms with Crippen LogP contribution in [0.3, 0.4) is 0 Å². The average Bonchev–Trinajstić information content (AvgIpc) is 2.93. The fraction of sp³-hybridized carbons (Fsp3) is 0.364. The molecule has 1 N–H and O–H groups in total. The Morgan fingerprint density at radius 1 is 1.36 bits per heavy atom. The second-order valence-corrected chi connectivity index (χ2v) is 4.53. The van der Waals surface area contributed by atoms with Gasteiger partial charge in [-0.1, -0.05) is 17.7 Å². The Morgan fingerprint density at radius 3 is 2.86 bits per heavy atom. The van der Waals surface area contributed by atoms with E-state index in [1.165, 1.54) is 0 Å². The van der Waals surface area contributed by atoms with E-state index in [1.807, 2.05) is 18.2 Å². The Kier molecular flexibility index (Phi) is 1.49. The van der Waals surface area contributed by atoms with Crippen molar-refractivity contribution in [1.29, 1.82) is 0 Å². The first-order chi connectivity index (χ1) is 6.73. The molecule has 0 unspecified atom stereocenters. The fourth-order valence-corrected chi connectivity index (χ4v) is 2.64. The second-order valence-electron chi connectivity index (χ2n) is 4.13. The third kappa shape index (κ3) is 0.947. The molecule has 2 aliphatic rings. The highest BCUT2D eigenvalue weighted by Gasteiger charge is 2.49. The molecule has 1 heterocycles. The van der Waals surface area contributed by atoms with Gasteiger partial charge in [0.2, 0.25) is 0 Å². The zero-order valence-electron chi connectivity index (χ0n) is 7.64. The van der Waals surface area contributed by atoms with Crippen LogP contribution < -0.4 is 5.32 Å². The fourth-order valence-electron chi connectivity index (χ4n) is 2.26. The van der Waals surface area contributed by atoms with Crippen LogP contribution in [0.2, 0.25) is 5.02 Å². The number of nitrogens with one attached hydrogen (secondary N) is 1. The quantitative estimate of drug-likeness (QED) is 0.694. The molecule has 0 radical (unpaired) electrons. The lowest BCUT2D eigenvalue weighted by atomic mass is 9.88. The molecule has 2 nitrogen and oxygen atoms in total. The minimum atomic E-state index is 0.0139. The second kappa shape index (κ2) is 2.51. The smallest absolute Gasteiger partial charge is 0.251 e. The van der Waals surface area contributed by atoms with Crippen molar-refractivity contribution < 1.29 is 4.79 Å². The molecule has 1 spiro atoms. The normalized spacial score (nSPS) is 21.6. The molecular formula is C11H10ClNO. The molecule has 3 rings (SSSR count). The molecule has 0 atom stereocenters. The van der Waals surface area contributed by atoms with Crippen LogP contribution in [0.5, 0.6) is 0 Å². The minimum absolute atomic E-state index is 0.0139. The van der Waals surface area contributed by atoms with E-state index in [0.717, 1.165) is 35.5 Å². The van der Waals surface area contributed by atoms with Crippen LogP contribution in [0, 0.1) is 0 Å². The number of hydrogen-bond donors (Lipinski definition) is 1. The number of amides is 1. The van der Waals surface area contributed by atoms with Crippen LogP contribution in [-0.4, -0.2) is 12.5 Å². The van der Waals surface area contributed by atoms with Crippen molar-refractivity contribution in [2.75, 3.05) is 6.54 Å². The highest BCUT2D eigenvalue weighted by molar-refractivity contribution is 6.32. The summed E-state index contributed by atoms with van der Waals surface area (Å²) in [4.78, 5) is 11.6. The third-order valence-electron chi connectivity index (χ3n) is 3.23. The zero-order chi connectivity index (χ0) is 9.76. The molecule has 0 aromatic heterocycles. The van der Waals surface area contributed by atoms with E-state index in [-0.39, 0.29) is 11.3 Å². The lowest BCUT2D eigenvalue weighted by Gasteiger charge is -2.26. The molecule has 1 fully saturated rings. The van der Waals surface area contributed by atoms with Gasteiger partial charge in [-0.25, -0.2) is 0 Å². The zero-order valence-corrected chi connectivity index (χ0v) is 8.40. The molecule has 1 aromatic rings. The maximum absolute atomic E-state index is 11.6. The van der Waals surface area contributed by atoms with Crippen LogP contribution in [0.4, 0.5) is 0 Å². The van der Waals surface area contributed by atoms with E-state index in [2.05, 4.69) is 5.32 Å². The molecule has 0 bridgehead atoms. The molecule has 1 aliphatic heterocycles. The summed E-state index contributed by atoms with van der Waals surface area (Å²) in [7, 11) is 0. The van der Waals surface area contributed by atoms with Gasteiger partial charge in [-0.2, -0.15) is 0 Å². The largest absolute Gasteiger partial charge is 0.351 e. The molecule has 1 aliphatic carbocycles. The van der Waals surface area contributed by atoms with Crippen molar-refractivity contribution in [3.05, 3.63) is 34.3 Å². The highest BCUT2D eigenvalue weighted by Crippen LogP contribution is 2.52. The number of halogens is 1. The molecule has 72 valence electrons. The lowest BCUT2D eigenvalue weighted by molar-refractivity contribution is 0.0937. The Hall–Kier alpha value is -1.02. The first-order valence-electron chi connectivity index (χ1n) is 4.80. The van der Waals surface area contributed by atoms with Crippen LogP contribution in [0.1, 0.15) is 28.8 Å². The Balaban J connectivity index is 2.27. The highest BCUT2D eigenvalue weighted by atomic mass is 35.5. The van der Waals surface area contributed by atoms with Crippen molar-refractivity contribution >= 4 is 17.5 Å². The predicted octanol–water partition coefficient (Wildman–Crippen LogP) is 2.12. The first kappa shape index (κ1) is 8.30. The maximum atomic E-state index is 11.6. The van der Waals surface area contributed by atoms with E-state index >= 15 is 0 Å². The van der Waals surface area contributed by atoms with Gasteiger partial charge < -0.3 is 5.32 Å². The van der Waals surface area contributed by atoms with E-state index in [0.29, 0.717) is 0 Å². The van der Waals surface area contributed by atoms with Crippen molar-refractivity contribution in [2.45, 2.75) is 18.3 Å². The van der Waals surface area contributed by atoms with E-state index in [9.17, 15) is 4.79 Å². The van der Waals surface area contributed by atoms with Gasteiger partial charge in [0.1, 0.15) is 0 Å². The lowest BCUT2D eigenvalue weighted by Crippen LogP contribution is -2.39. The van der Waals surface area contributed by atoms with Crippen molar-refractivity contribution in [2.24, 2.45) is 0 Å². The number of fused-ring (bicyclic) bond motifs is 2. The van der Waals surface area contributed by atoms with Crippen LogP contribution in [0.25, 0.3) is 0 Å². The van der Waals surface area contributed by atoms with Crippen molar-refractivity contribution in [3.8, 4) is 0 Å². The molecular weight excluding hydrogens is 198 g/mol.